The second-order valence-corrected chi connectivity index (χ2v) is 6.22. The molecule has 0 atom stereocenters. The van der Waals surface area contributed by atoms with Crippen molar-refractivity contribution >= 4 is 33.0 Å². The molecule has 0 radical (unpaired) electrons. The summed E-state index contributed by atoms with van der Waals surface area (Å²) in [5.74, 6) is 0. The molecule has 2 aromatic rings. The number of hydrogen-bond donors (Lipinski definition) is 2. The first-order valence-electron chi connectivity index (χ1n) is 5.53. The van der Waals surface area contributed by atoms with Crippen molar-refractivity contribution in [3.8, 4) is 0 Å². The Morgan fingerprint density at radius 3 is 2.32 bits per heavy atom. The van der Waals surface area contributed by atoms with Crippen molar-refractivity contribution in [2.45, 2.75) is 11.8 Å². The van der Waals surface area contributed by atoms with Crippen molar-refractivity contribution in [3.05, 3.63) is 53.1 Å². The Morgan fingerprint density at radius 1 is 1.11 bits per heavy atom. The van der Waals surface area contributed by atoms with Crippen LogP contribution in [0.2, 0.25) is 5.02 Å². The summed E-state index contributed by atoms with van der Waals surface area (Å²) in [6.45, 7) is 1.84. The molecule has 100 valence electrons. The number of benzene rings is 2. The van der Waals surface area contributed by atoms with E-state index in [2.05, 4.69) is 4.72 Å². The van der Waals surface area contributed by atoms with E-state index in [1.54, 1.807) is 36.4 Å². The molecule has 19 heavy (non-hydrogen) atoms. The van der Waals surface area contributed by atoms with E-state index in [9.17, 15) is 8.42 Å². The van der Waals surface area contributed by atoms with E-state index in [-0.39, 0.29) is 9.92 Å². The lowest BCUT2D eigenvalue weighted by Crippen LogP contribution is -2.13. The maximum Gasteiger partial charge on any atom is 0.263 e. The third-order valence-corrected chi connectivity index (χ3v) is 4.40. The molecule has 0 aliphatic heterocycles. The molecule has 0 saturated carbocycles. The van der Waals surface area contributed by atoms with Crippen molar-refractivity contribution in [1.82, 2.24) is 0 Å². The summed E-state index contributed by atoms with van der Waals surface area (Å²) in [4.78, 5) is 0.0524. The van der Waals surface area contributed by atoms with E-state index in [0.717, 1.165) is 5.56 Å². The second kappa shape index (κ2) is 5.11. The first-order valence-corrected chi connectivity index (χ1v) is 7.39. The number of aryl methyl sites for hydroxylation is 1. The molecule has 3 N–H and O–H groups in total. The summed E-state index contributed by atoms with van der Waals surface area (Å²) in [7, 11) is -3.70. The molecule has 4 nitrogen and oxygen atoms in total. The zero-order valence-corrected chi connectivity index (χ0v) is 11.8. The van der Waals surface area contributed by atoms with E-state index >= 15 is 0 Å². The number of hydrogen-bond acceptors (Lipinski definition) is 3. The lowest BCUT2D eigenvalue weighted by atomic mass is 10.2. The van der Waals surface area contributed by atoms with Crippen molar-refractivity contribution in [1.29, 1.82) is 0 Å². The molecule has 0 saturated heterocycles. The molecule has 2 rings (SSSR count). The molecule has 0 aliphatic carbocycles. The standard InChI is InChI=1S/C13H13ClN2O2S/c1-9-2-7-13(12(14)8-9)19(17,18)16-11-5-3-10(15)4-6-11/h2-8,16H,15H2,1H3. The van der Waals surface area contributed by atoms with Gasteiger partial charge < -0.3 is 5.73 Å². The van der Waals surface area contributed by atoms with E-state index in [1.165, 1.54) is 6.07 Å². The Kier molecular flexibility index (Phi) is 3.68. The molecule has 0 amide bonds. The van der Waals surface area contributed by atoms with Gasteiger partial charge in [0.1, 0.15) is 4.90 Å². The lowest BCUT2D eigenvalue weighted by molar-refractivity contribution is 0.601. The van der Waals surface area contributed by atoms with Gasteiger partial charge in [-0.1, -0.05) is 17.7 Å². The molecule has 0 spiro atoms. The summed E-state index contributed by atoms with van der Waals surface area (Å²) in [6, 6.07) is 11.2. The fraction of sp³-hybridized carbons (Fsp3) is 0.0769. The van der Waals surface area contributed by atoms with Crippen LogP contribution < -0.4 is 10.5 Å². The number of anilines is 2. The number of nitrogens with two attached hydrogens (primary N) is 1. The van der Waals surface area contributed by atoms with Gasteiger partial charge in [-0.05, 0) is 48.9 Å². The van der Waals surface area contributed by atoms with Gasteiger partial charge in [-0.2, -0.15) is 0 Å². The molecule has 0 unspecified atom stereocenters. The minimum absolute atomic E-state index is 0.0524. The predicted octanol–water partition coefficient (Wildman–Crippen LogP) is 3.03. The van der Waals surface area contributed by atoms with E-state index in [4.69, 9.17) is 17.3 Å². The largest absolute Gasteiger partial charge is 0.399 e. The van der Waals surface area contributed by atoms with Crippen LogP contribution in [0.3, 0.4) is 0 Å². The van der Waals surface area contributed by atoms with Crippen LogP contribution >= 0.6 is 11.6 Å². The van der Waals surface area contributed by atoms with Gasteiger partial charge in [0.2, 0.25) is 0 Å². The molecule has 2 aromatic carbocycles. The van der Waals surface area contributed by atoms with Gasteiger partial charge in [0.15, 0.2) is 0 Å². The average molecular weight is 297 g/mol. The summed E-state index contributed by atoms with van der Waals surface area (Å²) >= 11 is 5.97. The van der Waals surface area contributed by atoms with Crippen molar-refractivity contribution < 1.29 is 8.42 Å². The zero-order valence-electron chi connectivity index (χ0n) is 10.2. The van der Waals surface area contributed by atoms with E-state index in [0.29, 0.717) is 11.4 Å². The second-order valence-electron chi connectivity index (χ2n) is 4.16. The molecule has 0 bridgehead atoms. The van der Waals surface area contributed by atoms with E-state index < -0.39 is 10.0 Å². The maximum atomic E-state index is 12.2. The number of sulfonamides is 1. The normalized spacial score (nSPS) is 11.3. The first-order chi connectivity index (χ1) is 8.88. The van der Waals surface area contributed by atoms with E-state index in [1.807, 2.05) is 6.92 Å². The van der Waals surface area contributed by atoms with Gasteiger partial charge in [0.25, 0.3) is 10.0 Å². The summed E-state index contributed by atoms with van der Waals surface area (Å²) in [5.41, 5.74) is 7.45. The lowest BCUT2D eigenvalue weighted by Gasteiger charge is -2.10. The zero-order chi connectivity index (χ0) is 14.0. The SMILES string of the molecule is Cc1ccc(S(=O)(=O)Nc2ccc(N)cc2)c(Cl)c1. The highest BCUT2D eigenvalue weighted by atomic mass is 35.5. The minimum Gasteiger partial charge on any atom is -0.399 e. The Bertz CT molecular complexity index is 697. The van der Waals surface area contributed by atoms with Crippen LogP contribution in [0, 0.1) is 6.92 Å². The third-order valence-electron chi connectivity index (χ3n) is 2.54. The molecule has 0 heterocycles. The van der Waals surface area contributed by atoms with Crippen LogP contribution in [0.15, 0.2) is 47.4 Å². The van der Waals surface area contributed by atoms with Crippen molar-refractivity contribution in [2.24, 2.45) is 0 Å². The van der Waals surface area contributed by atoms with Crippen LogP contribution in [0.25, 0.3) is 0 Å². The third kappa shape index (κ3) is 3.19. The van der Waals surface area contributed by atoms with Crippen LogP contribution in [-0.4, -0.2) is 8.42 Å². The molecular formula is C13H13ClN2O2S. The van der Waals surface area contributed by atoms with Gasteiger partial charge in [-0.3, -0.25) is 4.72 Å². The van der Waals surface area contributed by atoms with Crippen molar-refractivity contribution in [3.63, 3.8) is 0 Å². The quantitative estimate of drug-likeness (QED) is 0.855. The number of nitrogen functional groups attached to an aromatic ring is 1. The average Bonchev–Trinajstić information content (AvgIpc) is 2.31. The topological polar surface area (TPSA) is 72.2 Å². The van der Waals surface area contributed by atoms with Crippen LogP contribution in [0.1, 0.15) is 5.56 Å². The van der Waals surface area contributed by atoms with Gasteiger partial charge >= 0.3 is 0 Å². The number of nitrogens with one attached hydrogen (secondary N) is 1. The van der Waals surface area contributed by atoms with Crippen LogP contribution in [0.5, 0.6) is 0 Å². The predicted molar refractivity (Wildman–Crippen MR) is 77.9 cm³/mol. The summed E-state index contributed by atoms with van der Waals surface area (Å²) in [5, 5.41) is 0.197. The fourth-order valence-corrected chi connectivity index (χ4v) is 3.24. The maximum absolute atomic E-state index is 12.2. The first kappa shape index (κ1) is 13.7. The fourth-order valence-electron chi connectivity index (χ4n) is 1.59. The minimum atomic E-state index is -3.70. The van der Waals surface area contributed by atoms with Gasteiger partial charge in [-0.15, -0.1) is 0 Å². The van der Waals surface area contributed by atoms with Crippen LogP contribution in [0.4, 0.5) is 11.4 Å². The highest BCUT2D eigenvalue weighted by Gasteiger charge is 2.17. The number of halogens is 1. The van der Waals surface area contributed by atoms with Gasteiger partial charge in [0, 0.05) is 11.4 Å². The smallest absolute Gasteiger partial charge is 0.263 e. The number of rotatable bonds is 3. The van der Waals surface area contributed by atoms with Gasteiger partial charge in [0.05, 0.1) is 5.02 Å². The van der Waals surface area contributed by atoms with Crippen molar-refractivity contribution in [2.75, 3.05) is 10.5 Å². The molecule has 6 heteroatoms. The monoisotopic (exact) mass is 296 g/mol. The highest BCUT2D eigenvalue weighted by Crippen LogP contribution is 2.25. The Morgan fingerprint density at radius 2 is 1.74 bits per heavy atom. The van der Waals surface area contributed by atoms with Crippen LogP contribution in [-0.2, 0) is 10.0 Å². The molecule has 0 aliphatic rings. The Hall–Kier alpha value is -1.72. The Labute approximate surface area is 117 Å². The summed E-state index contributed by atoms with van der Waals surface area (Å²) in [6.07, 6.45) is 0. The molecule has 0 aromatic heterocycles. The summed E-state index contributed by atoms with van der Waals surface area (Å²) < 4.78 is 26.8. The Balaban J connectivity index is 2.35. The molecular weight excluding hydrogens is 284 g/mol. The molecule has 0 fully saturated rings. The highest BCUT2D eigenvalue weighted by molar-refractivity contribution is 7.92. The van der Waals surface area contributed by atoms with Gasteiger partial charge in [-0.25, -0.2) is 8.42 Å².